The van der Waals surface area contributed by atoms with E-state index in [-0.39, 0.29) is 19.5 Å². The number of Topliss-reactive ketones (excluding diaryl/α,β-unsaturated/α-hetero) is 1. The number of hydrazine groups is 1. The highest BCUT2D eigenvalue weighted by Crippen LogP contribution is 2.16. The molecular formula is C18H22N2O6. The Balaban J connectivity index is 2.07. The van der Waals surface area contributed by atoms with E-state index in [2.05, 4.69) is 0 Å². The molecule has 2 rings (SSSR count). The van der Waals surface area contributed by atoms with Crippen molar-refractivity contribution in [1.82, 2.24) is 10.0 Å². The molecule has 0 aliphatic carbocycles. The number of ether oxygens (including phenoxy) is 1. The molecule has 0 unspecified atom stereocenters. The molecule has 1 aliphatic heterocycles. The summed E-state index contributed by atoms with van der Waals surface area (Å²) in [6.07, 6.45) is -1.84. The van der Waals surface area contributed by atoms with E-state index in [1.54, 1.807) is 44.2 Å². The van der Waals surface area contributed by atoms with Gasteiger partial charge in [0.15, 0.2) is 0 Å². The average molecular weight is 362 g/mol. The molecule has 1 saturated heterocycles. The number of hydrogen-bond acceptors (Lipinski definition) is 5. The smallest absolute Gasteiger partial charge is 0.429 e. The Bertz CT molecular complexity index is 688. The van der Waals surface area contributed by atoms with Crippen LogP contribution in [0.15, 0.2) is 30.3 Å². The zero-order chi connectivity index (χ0) is 19.3. The lowest BCUT2D eigenvalue weighted by atomic mass is 10.1. The molecule has 0 bridgehead atoms. The van der Waals surface area contributed by atoms with Gasteiger partial charge in [0.2, 0.25) is 11.9 Å². The molecule has 1 N–H and O–H groups in total. The molecule has 1 atom stereocenters. The van der Waals surface area contributed by atoms with Crippen molar-refractivity contribution in [1.29, 1.82) is 0 Å². The fourth-order valence-electron chi connectivity index (χ4n) is 2.58. The molecule has 2 amide bonds. The van der Waals surface area contributed by atoms with Gasteiger partial charge in [-0.25, -0.2) is 19.6 Å². The van der Waals surface area contributed by atoms with Crippen LogP contribution in [0.4, 0.5) is 4.79 Å². The van der Waals surface area contributed by atoms with E-state index in [9.17, 15) is 24.3 Å². The molecular weight excluding hydrogens is 340 g/mol. The maximum atomic E-state index is 12.4. The maximum Gasteiger partial charge on any atom is 0.429 e. The zero-order valence-corrected chi connectivity index (χ0v) is 14.8. The number of nitrogens with zero attached hydrogens (tertiary/aromatic N) is 2. The molecule has 1 heterocycles. The van der Waals surface area contributed by atoms with Crippen LogP contribution < -0.4 is 0 Å². The summed E-state index contributed by atoms with van der Waals surface area (Å²) in [6, 6.07) is 8.78. The highest BCUT2D eigenvalue weighted by atomic mass is 16.6. The summed E-state index contributed by atoms with van der Waals surface area (Å²) in [5.74, 6) is -3.17. The van der Waals surface area contributed by atoms with Gasteiger partial charge in [0.1, 0.15) is 0 Å². The fraction of sp³-hybridized carbons (Fsp3) is 0.444. The third-order valence-electron chi connectivity index (χ3n) is 3.99. The minimum atomic E-state index is -1.39. The van der Waals surface area contributed by atoms with Crippen molar-refractivity contribution >= 4 is 23.8 Å². The first-order chi connectivity index (χ1) is 12.3. The molecule has 8 heteroatoms. The Morgan fingerprint density at radius 3 is 2.27 bits per heavy atom. The summed E-state index contributed by atoms with van der Waals surface area (Å²) >= 11 is 0. The Morgan fingerprint density at radius 1 is 1.08 bits per heavy atom. The van der Waals surface area contributed by atoms with Gasteiger partial charge < -0.3 is 9.84 Å². The van der Waals surface area contributed by atoms with Gasteiger partial charge in [-0.2, -0.15) is 0 Å². The van der Waals surface area contributed by atoms with E-state index in [1.165, 1.54) is 0 Å². The number of aliphatic carboxylic acids is 1. The van der Waals surface area contributed by atoms with Crippen LogP contribution in [0.5, 0.6) is 0 Å². The van der Waals surface area contributed by atoms with Gasteiger partial charge in [0, 0.05) is 25.4 Å². The standard InChI is InChI=1S/C18H22N2O6/c1-12(2)15(21)16(22)19-9-6-10-20(19)18(25)26-14(17(23)24)11-13-7-4-3-5-8-13/h3-5,7-8,12,14H,6,9-11H2,1-2H3,(H,23,24)/t14-/m0/s1. The summed E-state index contributed by atoms with van der Waals surface area (Å²) in [5.41, 5.74) is 0.706. The summed E-state index contributed by atoms with van der Waals surface area (Å²) in [5, 5.41) is 11.4. The number of ketones is 1. The largest absolute Gasteiger partial charge is 0.478 e. The van der Waals surface area contributed by atoms with Gasteiger partial charge in [-0.1, -0.05) is 44.2 Å². The Kier molecular flexibility index (Phi) is 6.32. The summed E-state index contributed by atoms with van der Waals surface area (Å²) in [6.45, 7) is 3.59. The van der Waals surface area contributed by atoms with E-state index in [0.29, 0.717) is 12.0 Å². The molecule has 0 aromatic heterocycles. The number of carbonyl (C=O) groups is 4. The normalized spacial score (nSPS) is 15.0. The number of benzene rings is 1. The van der Waals surface area contributed by atoms with Crippen molar-refractivity contribution < 1.29 is 29.0 Å². The summed E-state index contributed by atoms with van der Waals surface area (Å²) in [4.78, 5) is 48.0. The number of amides is 2. The minimum Gasteiger partial charge on any atom is -0.478 e. The number of carboxylic acids is 1. The van der Waals surface area contributed by atoms with Crippen molar-refractivity contribution in [3.63, 3.8) is 0 Å². The molecule has 1 aliphatic rings. The number of carbonyl (C=O) groups excluding carboxylic acids is 3. The number of carboxylic acid groups (broad SMARTS) is 1. The monoisotopic (exact) mass is 362 g/mol. The lowest BCUT2D eigenvalue weighted by molar-refractivity contribution is -0.155. The minimum absolute atomic E-state index is 0.00856. The lowest BCUT2D eigenvalue weighted by Gasteiger charge is -2.28. The third kappa shape index (κ3) is 4.59. The second-order valence-corrected chi connectivity index (χ2v) is 6.32. The average Bonchev–Trinajstić information content (AvgIpc) is 3.10. The summed E-state index contributed by atoms with van der Waals surface area (Å²) < 4.78 is 5.10. The van der Waals surface area contributed by atoms with Crippen LogP contribution in [-0.2, 0) is 25.5 Å². The molecule has 1 aromatic carbocycles. The van der Waals surface area contributed by atoms with Gasteiger partial charge >= 0.3 is 18.0 Å². The topological polar surface area (TPSA) is 104 Å². The molecule has 1 aromatic rings. The van der Waals surface area contributed by atoms with E-state index in [4.69, 9.17) is 4.74 Å². The second-order valence-electron chi connectivity index (χ2n) is 6.32. The van der Waals surface area contributed by atoms with Crippen LogP contribution in [0.1, 0.15) is 25.8 Å². The third-order valence-corrected chi connectivity index (χ3v) is 3.99. The van der Waals surface area contributed by atoms with Gasteiger partial charge in [0.05, 0.1) is 0 Å². The summed E-state index contributed by atoms with van der Waals surface area (Å²) in [7, 11) is 0. The van der Waals surface area contributed by atoms with Crippen LogP contribution in [0.25, 0.3) is 0 Å². The fourth-order valence-corrected chi connectivity index (χ4v) is 2.58. The Labute approximate surface area is 151 Å². The van der Waals surface area contributed by atoms with E-state index in [1.807, 2.05) is 0 Å². The zero-order valence-electron chi connectivity index (χ0n) is 14.8. The second kappa shape index (κ2) is 8.46. The number of rotatable bonds is 6. The maximum absolute atomic E-state index is 12.4. The first-order valence-electron chi connectivity index (χ1n) is 8.41. The predicted octanol–water partition coefficient (Wildman–Crippen LogP) is 1.49. The van der Waals surface area contributed by atoms with Crippen LogP contribution in [0.3, 0.4) is 0 Å². The quantitative estimate of drug-likeness (QED) is 0.769. The molecule has 8 nitrogen and oxygen atoms in total. The molecule has 0 spiro atoms. The van der Waals surface area contributed by atoms with Crippen LogP contribution in [0, 0.1) is 5.92 Å². The number of hydrogen-bond donors (Lipinski definition) is 1. The molecule has 0 radical (unpaired) electrons. The van der Waals surface area contributed by atoms with Crippen LogP contribution in [-0.4, -0.2) is 58.1 Å². The van der Waals surface area contributed by atoms with Crippen molar-refractivity contribution in [3.05, 3.63) is 35.9 Å². The Hall–Kier alpha value is -2.90. The van der Waals surface area contributed by atoms with Gasteiger partial charge in [-0.3, -0.25) is 9.59 Å². The van der Waals surface area contributed by atoms with Gasteiger partial charge in [-0.05, 0) is 12.0 Å². The van der Waals surface area contributed by atoms with Crippen molar-refractivity contribution in [2.75, 3.05) is 13.1 Å². The van der Waals surface area contributed by atoms with Crippen molar-refractivity contribution in [2.24, 2.45) is 5.92 Å². The van der Waals surface area contributed by atoms with Crippen LogP contribution >= 0.6 is 0 Å². The molecule has 1 fully saturated rings. The van der Waals surface area contributed by atoms with Crippen molar-refractivity contribution in [2.45, 2.75) is 32.8 Å². The highest BCUT2D eigenvalue weighted by Gasteiger charge is 2.37. The lowest BCUT2D eigenvalue weighted by Crippen LogP contribution is -2.49. The first-order valence-corrected chi connectivity index (χ1v) is 8.41. The van der Waals surface area contributed by atoms with E-state index in [0.717, 1.165) is 10.0 Å². The molecule has 26 heavy (non-hydrogen) atoms. The molecule has 140 valence electrons. The van der Waals surface area contributed by atoms with Crippen molar-refractivity contribution in [3.8, 4) is 0 Å². The highest BCUT2D eigenvalue weighted by molar-refractivity contribution is 6.36. The predicted molar refractivity (Wildman–Crippen MR) is 90.9 cm³/mol. The SMILES string of the molecule is CC(C)C(=O)C(=O)N1CCCN1C(=O)O[C@@H](Cc1ccccc1)C(=O)O. The van der Waals surface area contributed by atoms with Crippen LogP contribution in [0.2, 0.25) is 0 Å². The Morgan fingerprint density at radius 2 is 1.69 bits per heavy atom. The van der Waals surface area contributed by atoms with Gasteiger partial charge in [-0.15, -0.1) is 0 Å². The molecule has 0 saturated carbocycles. The van der Waals surface area contributed by atoms with E-state index >= 15 is 0 Å². The van der Waals surface area contributed by atoms with Gasteiger partial charge in [0.25, 0.3) is 0 Å². The van der Waals surface area contributed by atoms with E-state index < -0.39 is 35.8 Å². The first kappa shape index (κ1) is 19.4.